The van der Waals surface area contributed by atoms with Crippen LogP contribution in [0.3, 0.4) is 0 Å². The van der Waals surface area contributed by atoms with Gasteiger partial charge >= 0.3 is 0 Å². The van der Waals surface area contributed by atoms with E-state index in [1.54, 1.807) is 16.7 Å². The van der Waals surface area contributed by atoms with Crippen LogP contribution in [0.5, 0.6) is 0 Å². The zero-order valence-corrected chi connectivity index (χ0v) is 20.2. The number of amides is 1. The molecule has 7 heteroatoms. The van der Waals surface area contributed by atoms with Crippen molar-refractivity contribution in [3.05, 3.63) is 105 Å². The van der Waals surface area contributed by atoms with E-state index in [9.17, 15) is 9.59 Å². The number of carbonyl (C=O) groups excluding carboxylic acids is 1. The number of anilines is 1. The standard InChI is InChI=1S/C28H27ClN4O2/c29-22-11-13-26-25(19-22)30-24(28(35)33(26)20-21-7-3-1-4-8-21)12-14-27(34)32-17-15-31(16-18-32)23-9-5-2-6-10-23/h1-11,13,19H,12,14-18,20H2. The topological polar surface area (TPSA) is 58.4 Å². The fourth-order valence-electron chi connectivity index (χ4n) is 4.59. The third-order valence-electron chi connectivity index (χ3n) is 6.49. The van der Waals surface area contributed by atoms with E-state index < -0.39 is 0 Å². The number of aryl methyl sites for hydroxylation is 1. The molecule has 2 heterocycles. The summed E-state index contributed by atoms with van der Waals surface area (Å²) in [4.78, 5) is 35.2. The minimum atomic E-state index is -0.162. The number of hydrogen-bond donors (Lipinski definition) is 0. The fourth-order valence-corrected chi connectivity index (χ4v) is 4.76. The number of carbonyl (C=O) groups is 1. The summed E-state index contributed by atoms with van der Waals surface area (Å²) in [6.45, 7) is 3.38. The van der Waals surface area contributed by atoms with Crippen molar-refractivity contribution in [3.8, 4) is 0 Å². The van der Waals surface area contributed by atoms with Crippen LogP contribution in [0.2, 0.25) is 5.02 Å². The summed E-state index contributed by atoms with van der Waals surface area (Å²) < 4.78 is 1.73. The van der Waals surface area contributed by atoms with Crippen LogP contribution in [0.25, 0.3) is 11.0 Å². The Bertz CT molecular complexity index is 1380. The van der Waals surface area contributed by atoms with Gasteiger partial charge in [0.05, 0.1) is 17.6 Å². The van der Waals surface area contributed by atoms with Gasteiger partial charge in [-0.2, -0.15) is 0 Å². The first-order chi connectivity index (χ1) is 17.1. The van der Waals surface area contributed by atoms with Crippen LogP contribution >= 0.6 is 11.6 Å². The Hall–Kier alpha value is -3.64. The van der Waals surface area contributed by atoms with Crippen molar-refractivity contribution in [2.75, 3.05) is 31.1 Å². The predicted octanol–water partition coefficient (Wildman–Crippen LogP) is 4.38. The predicted molar refractivity (Wildman–Crippen MR) is 140 cm³/mol. The average molecular weight is 487 g/mol. The lowest BCUT2D eigenvalue weighted by atomic mass is 10.1. The molecular formula is C28H27ClN4O2. The molecule has 35 heavy (non-hydrogen) atoms. The summed E-state index contributed by atoms with van der Waals surface area (Å²) in [6.07, 6.45) is 0.554. The van der Waals surface area contributed by atoms with Crippen molar-refractivity contribution in [1.29, 1.82) is 0 Å². The van der Waals surface area contributed by atoms with E-state index in [4.69, 9.17) is 11.6 Å². The lowest BCUT2D eigenvalue weighted by Gasteiger charge is -2.36. The molecule has 0 atom stereocenters. The van der Waals surface area contributed by atoms with Crippen LogP contribution in [0.1, 0.15) is 17.7 Å². The normalized spacial score (nSPS) is 13.9. The molecular weight excluding hydrogens is 460 g/mol. The molecule has 3 aromatic carbocycles. The van der Waals surface area contributed by atoms with E-state index in [0.717, 1.165) is 24.2 Å². The Morgan fingerprint density at radius 3 is 2.29 bits per heavy atom. The second-order valence-electron chi connectivity index (χ2n) is 8.77. The Morgan fingerprint density at radius 1 is 0.886 bits per heavy atom. The summed E-state index contributed by atoms with van der Waals surface area (Å²) in [6, 6.07) is 25.5. The summed E-state index contributed by atoms with van der Waals surface area (Å²) >= 11 is 6.22. The quantitative estimate of drug-likeness (QED) is 0.406. The molecule has 1 aromatic heterocycles. The van der Waals surface area contributed by atoms with Crippen LogP contribution in [-0.2, 0) is 17.8 Å². The molecule has 1 amide bonds. The molecule has 1 saturated heterocycles. The minimum Gasteiger partial charge on any atom is -0.368 e. The molecule has 0 aliphatic carbocycles. The highest BCUT2D eigenvalue weighted by molar-refractivity contribution is 6.31. The number of rotatable bonds is 6. The van der Waals surface area contributed by atoms with Gasteiger partial charge in [0.2, 0.25) is 5.91 Å². The van der Waals surface area contributed by atoms with Crippen molar-refractivity contribution in [1.82, 2.24) is 14.5 Å². The van der Waals surface area contributed by atoms with Crippen LogP contribution < -0.4 is 10.5 Å². The maximum absolute atomic E-state index is 13.4. The number of halogens is 1. The van der Waals surface area contributed by atoms with E-state index in [2.05, 4.69) is 22.0 Å². The third kappa shape index (κ3) is 5.23. The molecule has 1 aliphatic heterocycles. The summed E-state index contributed by atoms with van der Waals surface area (Å²) in [5.74, 6) is 0.0553. The van der Waals surface area contributed by atoms with Gasteiger partial charge in [-0.1, -0.05) is 60.1 Å². The number of nitrogens with zero attached hydrogens (tertiary/aromatic N) is 4. The van der Waals surface area contributed by atoms with Gasteiger partial charge in [-0.25, -0.2) is 4.98 Å². The van der Waals surface area contributed by atoms with Gasteiger partial charge in [0.25, 0.3) is 5.56 Å². The first-order valence-electron chi connectivity index (χ1n) is 11.9. The monoisotopic (exact) mass is 486 g/mol. The second-order valence-corrected chi connectivity index (χ2v) is 9.21. The van der Waals surface area contributed by atoms with E-state index >= 15 is 0 Å². The van der Waals surface area contributed by atoms with Crippen molar-refractivity contribution in [2.45, 2.75) is 19.4 Å². The van der Waals surface area contributed by atoms with Crippen molar-refractivity contribution < 1.29 is 4.79 Å². The largest absolute Gasteiger partial charge is 0.368 e. The molecule has 4 aromatic rings. The lowest BCUT2D eigenvalue weighted by molar-refractivity contribution is -0.131. The average Bonchev–Trinajstić information content (AvgIpc) is 2.90. The minimum absolute atomic E-state index is 0.0553. The molecule has 1 fully saturated rings. The van der Waals surface area contributed by atoms with E-state index in [1.165, 1.54) is 5.69 Å². The van der Waals surface area contributed by atoms with Crippen LogP contribution in [0, 0.1) is 0 Å². The number of piperazine rings is 1. The van der Waals surface area contributed by atoms with Gasteiger partial charge < -0.3 is 14.4 Å². The first kappa shape index (κ1) is 23.1. The summed E-state index contributed by atoms with van der Waals surface area (Å²) in [5, 5.41) is 0.563. The van der Waals surface area contributed by atoms with Gasteiger partial charge in [-0.05, 0) is 35.9 Å². The highest BCUT2D eigenvalue weighted by atomic mass is 35.5. The number of fused-ring (bicyclic) bond motifs is 1. The summed E-state index contributed by atoms with van der Waals surface area (Å²) in [7, 11) is 0. The second kappa shape index (κ2) is 10.3. The molecule has 0 N–H and O–H groups in total. The number of aromatic nitrogens is 2. The molecule has 178 valence electrons. The molecule has 6 nitrogen and oxygen atoms in total. The van der Waals surface area contributed by atoms with E-state index in [-0.39, 0.29) is 17.9 Å². The van der Waals surface area contributed by atoms with Gasteiger partial charge in [-0.3, -0.25) is 9.59 Å². The number of benzene rings is 3. The zero-order valence-electron chi connectivity index (χ0n) is 19.4. The molecule has 1 aliphatic rings. The van der Waals surface area contributed by atoms with Crippen molar-refractivity contribution in [3.63, 3.8) is 0 Å². The highest BCUT2D eigenvalue weighted by Gasteiger charge is 2.22. The molecule has 0 bridgehead atoms. The smallest absolute Gasteiger partial charge is 0.273 e. The molecule has 0 saturated carbocycles. The molecule has 0 radical (unpaired) electrons. The van der Waals surface area contributed by atoms with E-state index in [0.29, 0.717) is 42.3 Å². The van der Waals surface area contributed by atoms with Crippen molar-refractivity contribution >= 4 is 34.2 Å². The van der Waals surface area contributed by atoms with Crippen molar-refractivity contribution in [2.24, 2.45) is 0 Å². The van der Waals surface area contributed by atoms with Crippen LogP contribution in [-0.4, -0.2) is 46.5 Å². The van der Waals surface area contributed by atoms with Crippen LogP contribution in [0.4, 0.5) is 5.69 Å². The molecule has 0 unspecified atom stereocenters. The first-order valence-corrected chi connectivity index (χ1v) is 12.3. The number of hydrogen-bond acceptors (Lipinski definition) is 4. The SMILES string of the molecule is O=C(CCc1nc2cc(Cl)ccc2n(Cc2ccccc2)c1=O)N1CCN(c2ccccc2)CC1. The summed E-state index contributed by atoms with van der Waals surface area (Å²) in [5.41, 5.74) is 3.83. The Balaban J connectivity index is 1.31. The van der Waals surface area contributed by atoms with Gasteiger partial charge in [-0.15, -0.1) is 0 Å². The molecule has 0 spiro atoms. The van der Waals surface area contributed by atoms with Crippen LogP contribution in [0.15, 0.2) is 83.7 Å². The maximum atomic E-state index is 13.4. The number of para-hydroxylation sites is 1. The maximum Gasteiger partial charge on any atom is 0.273 e. The Kier molecular flexibility index (Phi) is 6.82. The lowest BCUT2D eigenvalue weighted by Crippen LogP contribution is -2.48. The fraction of sp³-hybridized carbons (Fsp3) is 0.250. The Labute approximate surface area is 209 Å². The zero-order chi connectivity index (χ0) is 24.2. The van der Waals surface area contributed by atoms with Gasteiger partial charge in [0.15, 0.2) is 0 Å². The van der Waals surface area contributed by atoms with E-state index in [1.807, 2.05) is 59.5 Å². The third-order valence-corrected chi connectivity index (χ3v) is 6.72. The van der Waals surface area contributed by atoms with Gasteiger partial charge in [0, 0.05) is 49.7 Å². The Morgan fingerprint density at radius 2 is 1.57 bits per heavy atom. The highest BCUT2D eigenvalue weighted by Crippen LogP contribution is 2.19. The van der Waals surface area contributed by atoms with Gasteiger partial charge in [0.1, 0.15) is 5.69 Å². The molecule has 5 rings (SSSR count).